The number of carbonyl (C=O) groups excluding carboxylic acids is 2. The number of sulfonamides is 1. The molecule has 1 N–H and O–H groups in total. The van der Waals surface area contributed by atoms with E-state index in [0.29, 0.717) is 18.7 Å². The van der Waals surface area contributed by atoms with Crippen LogP contribution in [0, 0.1) is 10.1 Å². The summed E-state index contributed by atoms with van der Waals surface area (Å²) in [5.41, 5.74) is 0.112. The molecule has 0 unspecified atom stereocenters. The lowest BCUT2D eigenvalue weighted by Crippen LogP contribution is -2.30. The highest BCUT2D eigenvalue weighted by Crippen LogP contribution is 2.28. The molecule has 0 aromatic heterocycles. The van der Waals surface area contributed by atoms with Gasteiger partial charge in [0, 0.05) is 19.2 Å². The first-order chi connectivity index (χ1) is 16.1. The Morgan fingerprint density at radius 1 is 1.12 bits per heavy atom. The number of nitrogens with zero attached hydrogens (tertiary/aromatic N) is 2. The topological polar surface area (TPSA) is 145 Å². The molecule has 1 amide bonds. The lowest BCUT2D eigenvalue weighted by molar-refractivity contribution is -0.384. The van der Waals surface area contributed by atoms with Gasteiger partial charge in [0.05, 0.1) is 23.0 Å². The normalized spacial score (nSPS) is 11.4. The van der Waals surface area contributed by atoms with Crippen LogP contribution in [0.3, 0.4) is 0 Å². The van der Waals surface area contributed by atoms with Crippen LogP contribution in [0.4, 0.5) is 11.4 Å². The van der Waals surface area contributed by atoms with Gasteiger partial charge in [0.2, 0.25) is 10.0 Å². The smallest absolute Gasteiger partial charge is 0.331 e. The van der Waals surface area contributed by atoms with Crippen LogP contribution in [0.5, 0.6) is 5.75 Å². The minimum Gasteiger partial charge on any atom is -0.496 e. The molecule has 0 atom stereocenters. The number of carbonyl (C=O) groups is 2. The van der Waals surface area contributed by atoms with Crippen LogP contribution in [-0.2, 0) is 24.3 Å². The Kier molecular flexibility index (Phi) is 9.27. The number of hydrogen-bond donors (Lipinski definition) is 1. The molecular weight excluding hydrogens is 466 g/mol. The summed E-state index contributed by atoms with van der Waals surface area (Å²) >= 11 is 0. The molecule has 0 saturated carbocycles. The Balaban J connectivity index is 1.95. The van der Waals surface area contributed by atoms with Gasteiger partial charge in [-0.1, -0.05) is 26.0 Å². The van der Waals surface area contributed by atoms with Gasteiger partial charge in [0.1, 0.15) is 11.4 Å². The van der Waals surface area contributed by atoms with E-state index in [1.54, 1.807) is 13.8 Å². The molecule has 2 aromatic rings. The summed E-state index contributed by atoms with van der Waals surface area (Å²) in [6.45, 7) is 3.55. The van der Waals surface area contributed by atoms with Crippen molar-refractivity contribution in [3.63, 3.8) is 0 Å². The Labute approximate surface area is 197 Å². The number of amides is 1. The third kappa shape index (κ3) is 6.86. The summed E-state index contributed by atoms with van der Waals surface area (Å²) in [7, 11) is -2.23. The molecule has 2 rings (SSSR count). The fourth-order valence-electron chi connectivity index (χ4n) is 2.89. The molecule has 11 nitrogen and oxygen atoms in total. The minimum absolute atomic E-state index is 0.0675. The van der Waals surface area contributed by atoms with Gasteiger partial charge in [0.25, 0.3) is 11.6 Å². The number of rotatable bonds is 11. The highest BCUT2D eigenvalue weighted by molar-refractivity contribution is 7.89. The second kappa shape index (κ2) is 11.9. The zero-order chi connectivity index (χ0) is 25.3. The molecule has 0 aliphatic rings. The van der Waals surface area contributed by atoms with Crippen molar-refractivity contribution in [2.75, 3.05) is 32.1 Å². The van der Waals surface area contributed by atoms with Crippen molar-refractivity contribution in [3.05, 3.63) is 64.2 Å². The summed E-state index contributed by atoms with van der Waals surface area (Å²) in [5, 5.41) is 13.5. The lowest BCUT2D eigenvalue weighted by atomic mass is 10.2. The third-order valence-electron chi connectivity index (χ3n) is 4.66. The highest BCUT2D eigenvalue weighted by atomic mass is 32.2. The standard InChI is InChI=1S/C22H25N3O8S/c1-4-24(5-2)34(30,31)18-10-6-16(7-11-18)8-13-22(27)33-15-21(26)23-19-12-9-17(32-3)14-20(19)25(28)29/h6-14H,4-5,15H2,1-3H3,(H,23,26)/b13-8+. The second-order valence-electron chi connectivity index (χ2n) is 6.79. The molecule has 2 aromatic carbocycles. The Bertz CT molecular complexity index is 1170. The Hall–Kier alpha value is -3.77. The molecule has 0 aliphatic carbocycles. The number of ether oxygens (including phenoxy) is 2. The molecule has 0 bridgehead atoms. The van der Waals surface area contributed by atoms with E-state index in [1.165, 1.54) is 53.9 Å². The third-order valence-corrected chi connectivity index (χ3v) is 6.72. The number of anilines is 1. The van der Waals surface area contributed by atoms with Gasteiger partial charge >= 0.3 is 5.97 Å². The van der Waals surface area contributed by atoms with E-state index in [4.69, 9.17) is 9.47 Å². The van der Waals surface area contributed by atoms with Gasteiger partial charge < -0.3 is 14.8 Å². The second-order valence-corrected chi connectivity index (χ2v) is 8.73. The molecule has 0 spiro atoms. The summed E-state index contributed by atoms with van der Waals surface area (Å²) in [4.78, 5) is 34.6. The quantitative estimate of drug-likeness (QED) is 0.219. The van der Waals surface area contributed by atoms with Crippen LogP contribution in [0.25, 0.3) is 6.08 Å². The van der Waals surface area contributed by atoms with Gasteiger partial charge in [-0.25, -0.2) is 13.2 Å². The van der Waals surface area contributed by atoms with Crippen LogP contribution < -0.4 is 10.1 Å². The largest absolute Gasteiger partial charge is 0.496 e. The maximum absolute atomic E-state index is 12.5. The first-order valence-corrected chi connectivity index (χ1v) is 11.6. The summed E-state index contributed by atoms with van der Waals surface area (Å²) in [6.07, 6.45) is 2.49. The summed E-state index contributed by atoms with van der Waals surface area (Å²) in [6, 6.07) is 9.85. The van der Waals surface area contributed by atoms with E-state index in [0.717, 1.165) is 12.1 Å². The van der Waals surface area contributed by atoms with Crippen molar-refractivity contribution in [2.45, 2.75) is 18.7 Å². The van der Waals surface area contributed by atoms with Crippen LogP contribution in [0.1, 0.15) is 19.4 Å². The van der Waals surface area contributed by atoms with Gasteiger partial charge in [-0.05, 0) is 35.9 Å². The molecule has 0 radical (unpaired) electrons. The molecule has 12 heteroatoms. The van der Waals surface area contributed by atoms with Crippen molar-refractivity contribution in [2.24, 2.45) is 0 Å². The van der Waals surface area contributed by atoms with Crippen LogP contribution >= 0.6 is 0 Å². The fraction of sp³-hybridized carbons (Fsp3) is 0.273. The molecular formula is C22H25N3O8S. The average Bonchev–Trinajstić information content (AvgIpc) is 2.82. The van der Waals surface area contributed by atoms with Crippen LogP contribution in [-0.4, -0.2) is 56.3 Å². The van der Waals surface area contributed by atoms with E-state index in [-0.39, 0.29) is 22.0 Å². The maximum atomic E-state index is 12.5. The lowest BCUT2D eigenvalue weighted by Gasteiger charge is -2.18. The number of nitro groups is 1. The number of esters is 1. The van der Waals surface area contributed by atoms with Gasteiger partial charge in [-0.2, -0.15) is 4.31 Å². The van der Waals surface area contributed by atoms with E-state index in [1.807, 2.05) is 0 Å². The molecule has 0 aliphatic heterocycles. The summed E-state index contributed by atoms with van der Waals surface area (Å²) < 4.78 is 36.1. The van der Waals surface area contributed by atoms with E-state index < -0.39 is 33.4 Å². The van der Waals surface area contributed by atoms with Crippen molar-refractivity contribution in [3.8, 4) is 5.75 Å². The highest BCUT2D eigenvalue weighted by Gasteiger charge is 2.21. The summed E-state index contributed by atoms with van der Waals surface area (Å²) in [5.74, 6) is -1.33. The molecule has 0 fully saturated rings. The molecule has 0 heterocycles. The van der Waals surface area contributed by atoms with Crippen molar-refractivity contribution >= 4 is 39.4 Å². The zero-order valence-electron chi connectivity index (χ0n) is 18.9. The van der Waals surface area contributed by atoms with Crippen molar-refractivity contribution in [1.29, 1.82) is 0 Å². The predicted octanol–water partition coefficient (Wildman–Crippen LogP) is 2.83. The number of nitrogens with one attached hydrogen (secondary N) is 1. The van der Waals surface area contributed by atoms with Gasteiger partial charge in [0.15, 0.2) is 6.61 Å². The number of benzene rings is 2. The molecule has 182 valence electrons. The van der Waals surface area contributed by atoms with Crippen molar-refractivity contribution < 1.29 is 32.4 Å². The first kappa shape index (κ1) is 26.5. The zero-order valence-corrected chi connectivity index (χ0v) is 19.7. The van der Waals surface area contributed by atoms with E-state index >= 15 is 0 Å². The van der Waals surface area contributed by atoms with E-state index in [2.05, 4.69) is 5.32 Å². The number of hydrogen-bond acceptors (Lipinski definition) is 8. The van der Waals surface area contributed by atoms with Crippen molar-refractivity contribution in [1.82, 2.24) is 4.31 Å². The maximum Gasteiger partial charge on any atom is 0.331 e. The van der Waals surface area contributed by atoms with Crippen LogP contribution in [0.2, 0.25) is 0 Å². The SMILES string of the molecule is CCN(CC)S(=O)(=O)c1ccc(/C=C/C(=O)OCC(=O)Nc2ccc(OC)cc2[N+](=O)[O-])cc1. The predicted molar refractivity (Wildman–Crippen MR) is 125 cm³/mol. The fourth-order valence-corrected chi connectivity index (χ4v) is 4.35. The first-order valence-electron chi connectivity index (χ1n) is 10.2. The van der Waals surface area contributed by atoms with E-state index in [9.17, 15) is 28.1 Å². The minimum atomic E-state index is -3.58. The average molecular weight is 492 g/mol. The Morgan fingerprint density at radius 3 is 2.32 bits per heavy atom. The van der Waals surface area contributed by atoms with Gasteiger partial charge in [-0.15, -0.1) is 0 Å². The number of nitro benzene ring substituents is 1. The Morgan fingerprint density at radius 2 is 1.76 bits per heavy atom. The monoisotopic (exact) mass is 491 g/mol. The molecule has 34 heavy (non-hydrogen) atoms. The molecule has 0 saturated heterocycles. The van der Waals surface area contributed by atoms with Gasteiger partial charge in [-0.3, -0.25) is 14.9 Å². The van der Waals surface area contributed by atoms with Crippen LogP contribution in [0.15, 0.2) is 53.4 Å². The number of methoxy groups -OCH3 is 1.